The Morgan fingerprint density at radius 2 is 2.23 bits per heavy atom. The van der Waals surface area contributed by atoms with Crippen LogP contribution in [0.3, 0.4) is 0 Å². The Kier molecular flexibility index (Phi) is 3.72. The highest BCUT2D eigenvalue weighted by Gasteiger charge is 2.16. The molecule has 0 bridgehead atoms. The van der Waals surface area contributed by atoms with E-state index in [9.17, 15) is 14.0 Å². The number of ether oxygens (including phenoxy) is 1. The number of H-pyrrole nitrogens is 1. The molecule has 0 aliphatic heterocycles. The number of aromatic nitrogens is 5. The van der Waals surface area contributed by atoms with Gasteiger partial charge in [-0.3, -0.25) is 9.78 Å². The van der Waals surface area contributed by atoms with Gasteiger partial charge in [0.25, 0.3) is 0 Å². The lowest BCUT2D eigenvalue weighted by molar-refractivity contribution is -0.143. The third kappa shape index (κ3) is 2.61. The largest absolute Gasteiger partial charge is 0.465 e. The first-order valence-corrected chi connectivity index (χ1v) is 7.72. The molecule has 0 amide bonds. The number of esters is 1. The van der Waals surface area contributed by atoms with E-state index in [0.717, 1.165) is 0 Å². The number of carbonyl (C=O) groups is 1. The summed E-state index contributed by atoms with van der Waals surface area (Å²) in [6, 6.07) is 2.66. The van der Waals surface area contributed by atoms with Crippen LogP contribution in [-0.4, -0.2) is 37.3 Å². The number of hydrogen-bond acceptors (Lipinski definition) is 7. The number of carbonyl (C=O) groups excluding carboxylic acids is 1. The Labute approximate surface area is 144 Å². The molecule has 0 radical (unpaired) electrons. The minimum Gasteiger partial charge on any atom is -0.465 e. The van der Waals surface area contributed by atoms with Gasteiger partial charge in [-0.05, 0) is 19.1 Å². The van der Waals surface area contributed by atoms with E-state index in [1.807, 2.05) is 0 Å². The zero-order valence-corrected chi connectivity index (χ0v) is 13.5. The molecular formula is C16H12FN5O4. The summed E-state index contributed by atoms with van der Waals surface area (Å²) in [5, 5.41) is 4.08. The summed E-state index contributed by atoms with van der Waals surface area (Å²) in [7, 11) is 0. The molecule has 9 nitrogen and oxygen atoms in total. The number of rotatable bonds is 4. The van der Waals surface area contributed by atoms with Crippen LogP contribution < -0.4 is 5.76 Å². The Hall–Kier alpha value is -3.56. The van der Waals surface area contributed by atoms with Gasteiger partial charge in [0.2, 0.25) is 0 Å². The predicted octanol–water partition coefficient (Wildman–Crippen LogP) is 1.63. The van der Waals surface area contributed by atoms with Gasteiger partial charge in [-0.2, -0.15) is 5.10 Å². The van der Waals surface area contributed by atoms with Crippen LogP contribution in [0, 0.1) is 5.82 Å². The Bertz CT molecular complexity index is 1190. The molecule has 3 aromatic heterocycles. The monoisotopic (exact) mass is 357 g/mol. The minimum absolute atomic E-state index is 0.0348. The van der Waals surface area contributed by atoms with Crippen molar-refractivity contribution < 1.29 is 18.3 Å². The van der Waals surface area contributed by atoms with Crippen molar-refractivity contribution >= 4 is 28.2 Å². The van der Waals surface area contributed by atoms with E-state index >= 15 is 0 Å². The first-order valence-electron chi connectivity index (χ1n) is 7.72. The van der Waals surface area contributed by atoms with Crippen LogP contribution in [-0.2, 0) is 16.1 Å². The maximum absolute atomic E-state index is 13.8. The first kappa shape index (κ1) is 15.9. The molecule has 0 aliphatic rings. The molecule has 1 N–H and O–H groups in total. The molecule has 4 aromatic rings. The molecule has 0 saturated heterocycles. The van der Waals surface area contributed by atoms with Crippen molar-refractivity contribution in [2.45, 2.75) is 13.5 Å². The highest BCUT2D eigenvalue weighted by Crippen LogP contribution is 2.28. The van der Waals surface area contributed by atoms with Crippen molar-refractivity contribution in [2.24, 2.45) is 0 Å². The molecule has 132 valence electrons. The molecule has 0 spiro atoms. The van der Waals surface area contributed by atoms with Crippen LogP contribution >= 0.6 is 0 Å². The topological polar surface area (TPSA) is 116 Å². The molecular weight excluding hydrogens is 345 g/mol. The van der Waals surface area contributed by atoms with Gasteiger partial charge >= 0.3 is 11.7 Å². The van der Waals surface area contributed by atoms with Crippen LogP contribution in [0.5, 0.6) is 0 Å². The molecule has 1 aromatic carbocycles. The predicted molar refractivity (Wildman–Crippen MR) is 87.7 cm³/mol. The fourth-order valence-electron chi connectivity index (χ4n) is 2.64. The molecule has 0 aliphatic carbocycles. The number of nitrogens with zero attached hydrogens (tertiary/aromatic N) is 4. The molecule has 3 heterocycles. The molecule has 0 atom stereocenters. The van der Waals surface area contributed by atoms with E-state index in [2.05, 4.69) is 20.1 Å². The lowest BCUT2D eigenvalue weighted by atomic mass is 10.1. The average Bonchev–Trinajstić information content (AvgIpc) is 3.19. The molecule has 26 heavy (non-hydrogen) atoms. The maximum atomic E-state index is 13.8. The van der Waals surface area contributed by atoms with E-state index in [4.69, 9.17) is 9.15 Å². The van der Waals surface area contributed by atoms with Crippen LogP contribution in [0.4, 0.5) is 4.39 Å². The molecule has 10 heteroatoms. The van der Waals surface area contributed by atoms with Gasteiger partial charge < -0.3 is 9.15 Å². The minimum atomic E-state index is -0.761. The summed E-state index contributed by atoms with van der Waals surface area (Å²) in [5.41, 5.74) is 1.64. The SMILES string of the molecule is CCOC(=O)Cn1ncc2nc(-c3ccc(F)c4[nH]c(=O)oc34)cnc21. The van der Waals surface area contributed by atoms with E-state index in [-0.39, 0.29) is 24.3 Å². The lowest BCUT2D eigenvalue weighted by Crippen LogP contribution is -2.14. The summed E-state index contributed by atoms with van der Waals surface area (Å²) in [4.78, 5) is 34.0. The van der Waals surface area contributed by atoms with Crippen molar-refractivity contribution in [3.63, 3.8) is 0 Å². The summed E-state index contributed by atoms with van der Waals surface area (Å²) in [6.07, 6.45) is 2.89. The molecule has 0 unspecified atom stereocenters. The van der Waals surface area contributed by atoms with Gasteiger partial charge in [0.1, 0.15) is 17.6 Å². The van der Waals surface area contributed by atoms with Gasteiger partial charge in [-0.25, -0.2) is 23.8 Å². The van der Waals surface area contributed by atoms with Crippen molar-refractivity contribution in [3.05, 3.63) is 40.9 Å². The number of benzene rings is 1. The third-order valence-electron chi connectivity index (χ3n) is 3.73. The Morgan fingerprint density at radius 1 is 1.38 bits per heavy atom. The van der Waals surface area contributed by atoms with Gasteiger partial charge in [0, 0.05) is 5.56 Å². The quantitative estimate of drug-likeness (QED) is 0.552. The highest BCUT2D eigenvalue weighted by molar-refractivity contribution is 5.90. The number of hydrogen-bond donors (Lipinski definition) is 1. The summed E-state index contributed by atoms with van der Waals surface area (Å²) >= 11 is 0. The zero-order valence-electron chi connectivity index (χ0n) is 13.5. The number of nitrogens with one attached hydrogen (secondary N) is 1. The second-order valence-electron chi connectivity index (χ2n) is 5.38. The van der Waals surface area contributed by atoms with Crippen LogP contribution in [0.2, 0.25) is 0 Å². The summed E-state index contributed by atoms with van der Waals surface area (Å²) in [6.45, 7) is 1.91. The van der Waals surface area contributed by atoms with Crippen LogP contribution in [0.1, 0.15) is 6.92 Å². The number of oxazole rings is 1. The highest BCUT2D eigenvalue weighted by atomic mass is 19.1. The summed E-state index contributed by atoms with van der Waals surface area (Å²) < 4.78 is 25.1. The van der Waals surface area contributed by atoms with E-state index < -0.39 is 17.5 Å². The fraction of sp³-hybridized carbons (Fsp3) is 0.188. The smallest absolute Gasteiger partial charge is 0.417 e. The van der Waals surface area contributed by atoms with E-state index in [1.54, 1.807) is 6.92 Å². The molecule has 0 fully saturated rings. The molecule has 0 saturated carbocycles. The number of halogens is 1. The molecule has 4 rings (SSSR count). The standard InChI is InChI=1S/C16H12FN5O4/c1-2-25-12(23)7-22-15-11(6-19-22)20-10(5-18-15)8-3-4-9(17)13-14(8)26-16(24)21-13/h3-6H,2,7H2,1H3,(H,21,24). The zero-order chi connectivity index (χ0) is 18.3. The van der Waals surface area contributed by atoms with Crippen molar-refractivity contribution in [1.82, 2.24) is 24.7 Å². The fourth-order valence-corrected chi connectivity index (χ4v) is 2.64. The van der Waals surface area contributed by atoms with Gasteiger partial charge in [0.15, 0.2) is 17.0 Å². The number of fused-ring (bicyclic) bond motifs is 2. The van der Waals surface area contributed by atoms with Gasteiger partial charge in [-0.15, -0.1) is 0 Å². The van der Waals surface area contributed by atoms with Crippen molar-refractivity contribution in [2.75, 3.05) is 6.61 Å². The van der Waals surface area contributed by atoms with Crippen LogP contribution in [0.15, 0.2) is 33.7 Å². The van der Waals surface area contributed by atoms with E-state index in [1.165, 1.54) is 29.2 Å². The normalized spacial score (nSPS) is 11.3. The Morgan fingerprint density at radius 3 is 3.04 bits per heavy atom. The average molecular weight is 357 g/mol. The van der Waals surface area contributed by atoms with Crippen LogP contribution in [0.25, 0.3) is 33.5 Å². The second kappa shape index (κ2) is 6.06. The van der Waals surface area contributed by atoms with Crippen molar-refractivity contribution in [1.29, 1.82) is 0 Å². The van der Waals surface area contributed by atoms with Gasteiger partial charge in [-0.1, -0.05) is 0 Å². The Balaban J connectivity index is 1.79. The van der Waals surface area contributed by atoms with Crippen molar-refractivity contribution in [3.8, 4) is 11.3 Å². The van der Waals surface area contributed by atoms with E-state index in [0.29, 0.717) is 22.4 Å². The summed E-state index contributed by atoms with van der Waals surface area (Å²) in [5.74, 6) is -1.80. The maximum Gasteiger partial charge on any atom is 0.417 e. The first-order chi connectivity index (χ1) is 12.6. The van der Waals surface area contributed by atoms with Gasteiger partial charge in [0.05, 0.1) is 24.7 Å². The number of aromatic amines is 1. The third-order valence-corrected chi connectivity index (χ3v) is 3.73. The lowest BCUT2D eigenvalue weighted by Gasteiger charge is -2.04. The second-order valence-corrected chi connectivity index (χ2v) is 5.38.